The summed E-state index contributed by atoms with van der Waals surface area (Å²) in [6.07, 6.45) is 4.07. The molecule has 2 unspecified atom stereocenters. The van der Waals surface area contributed by atoms with Crippen LogP contribution in [0.3, 0.4) is 0 Å². The summed E-state index contributed by atoms with van der Waals surface area (Å²) in [6.45, 7) is 10.1. The highest BCUT2D eigenvalue weighted by atomic mass is 16.4. The number of carboxylic acid groups (broad SMARTS) is 1. The number of carboxylic acids is 1. The third kappa shape index (κ3) is 2.65. The molecule has 0 aromatic carbocycles. The van der Waals surface area contributed by atoms with Gasteiger partial charge in [0.1, 0.15) is 5.54 Å². The molecule has 1 saturated carbocycles. The van der Waals surface area contributed by atoms with E-state index in [2.05, 4.69) is 31.0 Å². The molecule has 2 N–H and O–H groups in total. The van der Waals surface area contributed by atoms with E-state index in [1.165, 1.54) is 6.42 Å². The van der Waals surface area contributed by atoms with Gasteiger partial charge in [-0.15, -0.1) is 0 Å². The molecule has 0 bridgehead atoms. The zero-order valence-corrected chi connectivity index (χ0v) is 12.5. The molecule has 2 fully saturated rings. The smallest absolute Gasteiger partial charge is 0.324 e. The Labute approximate surface area is 116 Å². The van der Waals surface area contributed by atoms with Crippen LogP contribution < -0.4 is 5.32 Å². The molecule has 0 radical (unpaired) electrons. The van der Waals surface area contributed by atoms with Crippen LogP contribution in [0.25, 0.3) is 0 Å². The molecule has 0 amide bonds. The lowest BCUT2D eigenvalue weighted by atomic mass is 9.61. The van der Waals surface area contributed by atoms with Crippen LogP contribution in [-0.2, 0) is 4.79 Å². The fraction of sp³-hybridized carbons (Fsp3) is 0.933. The summed E-state index contributed by atoms with van der Waals surface area (Å²) in [4.78, 5) is 14.4. The molecule has 4 nitrogen and oxygen atoms in total. The predicted octanol–water partition coefficient (Wildman–Crippen LogP) is 1.95. The van der Waals surface area contributed by atoms with Crippen molar-refractivity contribution < 1.29 is 9.90 Å². The molecule has 1 saturated heterocycles. The lowest BCUT2D eigenvalue weighted by Crippen LogP contribution is -2.66. The van der Waals surface area contributed by atoms with Gasteiger partial charge in [0.15, 0.2) is 0 Å². The van der Waals surface area contributed by atoms with Crippen molar-refractivity contribution in [3.05, 3.63) is 0 Å². The first-order valence-electron chi connectivity index (χ1n) is 7.58. The van der Waals surface area contributed by atoms with Gasteiger partial charge in [-0.1, -0.05) is 33.6 Å². The van der Waals surface area contributed by atoms with Crippen LogP contribution in [0.4, 0.5) is 0 Å². The van der Waals surface area contributed by atoms with Crippen LogP contribution in [0.1, 0.15) is 46.5 Å². The van der Waals surface area contributed by atoms with Crippen molar-refractivity contribution in [2.45, 2.75) is 52.0 Å². The largest absolute Gasteiger partial charge is 0.480 e. The van der Waals surface area contributed by atoms with Gasteiger partial charge in [-0.3, -0.25) is 9.69 Å². The number of nitrogens with zero attached hydrogens (tertiary/aromatic N) is 1. The Morgan fingerprint density at radius 2 is 1.89 bits per heavy atom. The molecule has 1 aliphatic carbocycles. The molecule has 1 heterocycles. The van der Waals surface area contributed by atoms with E-state index in [-0.39, 0.29) is 11.3 Å². The second-order valence-corrected chi connectivity index (χ2v) is 7.13. The van der Waals surface area contributed by atoms with Gasteiger partial charge in [0.05, 0.1) is 0 Å². The Kier molecular flexibility index (Phi) is 4.21. The maximum atomic E-state index is 12.2. The highest BCUT2D eigenvalue weighted by Gasteiger charge is 2.55. The summed E-state index contributed by atoms with van der Waals surface area (Å²) in [6, 6.07) is 0. The van der Waals surface area contributed by atoms with Gasteiger partial charge >= 0.3 is 5.97 Å². The van der Waals surface area contributed by atoms with E-state index in [1.807, 2.05) is 0 Å². The number of rotatable bonds is 2. The van der Waals surface area contributed by atoms with E-state index in [0.717, 1.165) is 45.4 Å². The van der Waals surface area contributed by atoms with Crippen LogP contribution in [-0.4, -0.2) is 47.7 Å². The first-order chi connectivity index (χ1) is 8.89. The monoisotopic (exact) mass is 268 g/mol. The SMILES string of the molecule is CC(C)(C)C1CCCCC1(C(=O)O)N1CCNCC1. The first-order valence-corrected chi connectivity index (χ1v) is 7.58. The van der Waals surface area contributed by atoms with Crippen molar-refractivity contribution >= 4 is 5.97 Å². The van der Waals surface area contributed by atoms with Crippen molar-refractivity contribution in [1.29, 1.82) is 0 Å². The van der Waals surface area contributed by atoms with E-state index in [0.29, 0.717) is 0 Å². The van der Waals surface area contributed by atoms with Crippen molar-refractivity contribution in [2.75, 3.05) is 26.2 Å². The number of piperazine rings is 1. The van der Waals surface area contributed by atoms with Gasteiger partial charge in [0.25, 0.3) is 0 Å². The van der Waals surface area contributed by atoms with Gasteiger partial charge < -0.3 is 10.4 Å². The molecule has 2 aliphatic rings. The maximum Gasteiger partial charge on any atom is 0.324 e. The van der Waals surface area contributed by atoms with Gasteiger partial charge in [-0.25, -0.2) is 0 Å². The van der Waals surface area contributed by atoms with Gasteiger partial charge in [0.2, 0.25) is 0 Å². The molecule has 0 aromatic rings. The predicted molar refractivity (Wildman–Crippen MR) is 76.2 cm³/mol. The van der Waals surface area contributed by atoms with Gasteiger partial charge in [0, 0.05) is 26.2 Å². The second kappa shape index (κ2) is 5.41. The third-order valence-corrected chi connectivity index (χ3v) is 4.97. The minimum Gasteiger partial charge on any atom is -0.480 e. The number of hydrogen-bond donors (Lipinski definition) is 2. The highest BCUT2D eigenvalue weighted by molar-refractivity contribution is 5.79. The van der Waals surface area contributed by atoms with Crippen LogP contribution in [0, 0.1) is 11.3 Å². The number of aliphatic carboxylic acids is 1. The maximum absolute atomic E-state index is 12.2. The van der Waals surface area contributed by atoms with Crippen molar-refractivity contribution in [3.63, 3.8) is 0 Å². The summed E-state index contributed by atoms with van der Waals surface area (Å²) in [5.74, 6) is -0.363. The summed E-state index contributed by atoms with van der Waals surface area (Å²) in [5.41, 5.74) is -0.595. The van der Waals surface area contributed by atoms with E-state index in [9.17, 15) is 9.90 Å². The normalized spacial score (nSPS) is 34.2. The van der Waals surface area contributed by atoms with Crippen molar-refractivity contribution in [1.82, 2.24) is 10.2 Å². The number of hydrogen-bond acceptors (Lipinski definition) is 3. The zero-order chi connectivity index (χ0) is 14.1. The lowest BCUT2D eigenvalue weighted by Gasteiger charge is -2.53. The molecular weight excluding hydrogens is 240 g/mol. The molecule has 4 heteroatoms. The third-order valence-electron chi connectivity index (χ3n) is 4.97. The highest BCUT2D eigenvalue weighted by Crippen LogP contribution is 2.47. The first kappa shape index (κ1) is 14.8. The van der Waals surface area contributed by atoms with Gasteiger partial charge in [-0.05, 0) is 24.2 Å². The average Bonchev–Trinajstić information content (AvgIpc) is 2.38. The second-order valence-electron chi connectivity index (χ2n) is 7.13. The topological polar surface area (TPSA) is 52.6 Å². The molecule has 19 heavy (non-hydrogen) atoms. The number of carbonyl (C=O) groups is 1. The van der Waals surface area contributed by atoms with Crippen LogP contribution in [0.5, 0.6) is 0 Å². The molecule has 0 aromatic heterocycles. The average molecular weight is 268 g/mol. The molecule has 1 aliphatic heterocycles. The molecule has 0 spiro atoms. The molecule has 2 atom stereocenters. The minimum atomic E-state index is -0.640. The lowest BCUT2D eigenvalue weighted by molar-refractivity contribution is -0.165. The van der Waals surface area contributed by atoms with Crippen LogP contribution in [0.15, 0.2) is 0 Å². The van der Waals surface area contributed by atoms with Crippen molar-refractivity contribution in [2.24, 2.45) is 11.3 Å². The van der Waals surface area contributed by atoms with E-state index < -0.39 is 11.5 Å². The molecule has 2 rings (SSSR count). The summed E-state index contributed by atoms with van der Waals surface area (Å²) in [7, 11) is 0. The van der Waals surface area contributed by atoms with Crippen LogP contribution >= 0.6 is 0 Å². The Morgan fingerprint density at radius 3 is 2.42 bits per heavy atom. The van der Waals surface area contributed by atoms with Crippen LogP contribution in [0.2, 0.25) is 0 Å². The Morgan fingerprint density at radius 1 is 1.26 bits per heavy atom. The summed E-state index contributed by atoms with van der Waals surface area (Å²) >= 11 is 0. The van der Waals surface area contributed by atoms with Crippen molar-refractivity contribution in [3.8, 4) is 0 Å². The number of nitrogens with one attached hydrogen (secondary N) is 1. The Hall–Kier alpha value is -0.610. The van der Waals surface area contributed by atoms with E-state index in [1.54, 1.807) is 0 Å². The Balaban J connectivity index is 2.36. The summed E-state index contributed by atoms with van der Waals surface area (Å²) < 4.78 is 0. The summed E-state index contributed by atoms with van der Waals surface area (Å²) in [5, 5.41) is 13.3. The quantitative estimate of drug-likeness (QED) is 0.804. The van der Waals surface area contributed by atoms with E-state index >= 15 is 0 Å². The molecular formula is C15H28N2O2. The van der Waals surface area contributed by atoms with E-state index in [4.69, 9.17) is 0 Å². The minimum absolute atomic E-state index is 0.0453. The fourth-order valence-corrected chi connectivity index (χ4v) is 4.14. The fourth-order valence-electron chi connectivity index (χ4n) is 4.14. The van der Waals surface area contributed by atoms with Gasteiger partial charge in [-0.2, -0.15) is 0 Å². The molecule has 110 valence electrons. The standard InChI is InChI=1S/C15H28N2O2/c1-14(2,3)12-6-4-5-7-15(12,13(18)19)17-10-8-16-9-11-17/h12,16H,4-11H2,1-3H3,(H,18,19). The zero-order valence-electron chi connectivity index (χ0n) is 12.5. The Bertz CT molecular complexity index is 332.